The molecule has 1 aromatic carbocycles. The Labute approximate surface area is 107 Å². The lowest BCUT2D eigenvalue weighted by atomic mass is 10.2. The number of fused-ring (bicyclic) bond motifs is 1. The van der Waals surface area contributed by atoms with Gasteiger partial charge in [-0.2, -0.15) is 0 Å². The van der Waals surface area contributed by atoms with Crippen molar-refractivity contribution in [2.24, 2.45) is 0 Å². The molecule has 4 nitrogen and oxygen atoms in total. The van der Waals surface area contributed by atoms with Gasteiger partial charge in [0.15, 0.2) is 0 Å². The van der Waals surface area contributed by atoms with E-state index in [0.29, 0.717) is 5.33 Å². The standard InChI is InChI=1S/C9H6BrIN2O2/c10-3-4-1-2-5(11)7-6(4)12-8(13-7)9(14)15/h1-2H,3H2,(H,12,13)(H,14,15). The Morgan fingerprint density at radius 2 is 2.33 bits per heavy atom. The molecule has 78 valence electrons. The molecule has 0 aliphatic heterocycles. The number of aromatic carboxylic acids is 1. The van der Waals surface area contributed by atoms with Crippen molar-refractivity contribution in [3.8, 4) is 0 Å². The summed E-state index contributed by atoms with van der Waals surface area (Å²) in [7, 11) is 0. The third-order valence-corrected chi connectivity index (χ3v) is 3.53. The number of carboxylic acid groups (broad SMARTS) is 1. The van der Waals surface area contributed by atoms with Gasteiger partial charge in [0.2, 0.25) is 5.82 Å². The number of hydrogen-bond donors (Lipinski definition) is 2. The zero-order valence-corrected chi connectivity index (χ0v) is 11.2. The van der Waals surface area contributed by atoms with Gasteiger partial charge < -0.3 is 10.1 Å². The van der Waals surface area contributed by atoms with Crippen LogP contribution in [0, 0.1) is 3.57 Å². The van der Waals surface area contributed by atoms with Crippen LogP contribution in [-0.4, -0.2) is 21.0 Å². The fraction of sp³-hybridized carbons (Fsp3) is 0.111. The molecule has 2 rings (SSSR count). The molecule has 0 radical (unpaired) electrons. The average Bonchev–Trinajstić information content (AvgIpc) is 2.64. The number of carbonyl (C=O) groups is 1. The highest BCUT2D eigenvalue weighted by molar-refractivity contribution is 14.1. The summed E-state index contributed by atoms with van der Waals surface area (Å²) < 4.78 is 0.965. The number of nitrogens with zero attached hydrogens (tertiary/aromatic N) is 1. The molecule has 15 heavy (non-hydrogen) atoms. The molecule has 0 aliphatic carbocycles. The molecule has 0 fully saturated rings. The Bertz CT molecular complexity index is 538. The van der Waals surface area contributed by atoms with E-state index in [1.165, 1.54) is 0 Å². The molecule has 0 atom stereocenters. The molecule has 1 heterocycles. The molecule has 0 amide bonds. The van der Waals surface area contributed by atoms with Crippen LogP contribution in [0.2, 0.25) is 0 Å². The lowest BCUT2D eigenvalue weighted by molar-refractivity contribution is 0.0685. The Morgan fingerprint density at radius 3 is 2.93 bits per heavy atom. The maximum absolute atomic E-state index is 10.8. The van der Waals surface area contributed by atoms with E-state index < -0.39 is 5.97 Å². The first-order chi connectivity index (χ1) is 7.13. The van der Waals surface area contributed by atoms with Gasteiger partial charge >= 0.3 is 5.97 Å². The van der Waals surface area contributed by atoms with Gasteiger partial charge in [-0.25, -0.2) is 9.78 Å². The van der Waals surface area contributed by atoms with Crippen molar-refractivity contribution < 1.29 is 9.90 Å². The summed E-state index contributed by atoms with van der Waals surface area (Å²) in [6.07, 6.45) is 0. The molecule has 2 N–H and O–H groups in total. The predicted octanol–water partition coefficient (Wildman–Crippen LogP) is 2.76. The van der Waals surface area contributed by atoms with Crippen molar-refractivity contribution in [3.05, 3.63) is 27.1 Å². The number of halogens is 2. The second-order valence-electron chi connectivity index (χ2n) is 2.95. The second-order valence-corrected chi connectivity index (χ2v) is 4.68. The van der Waals surface area contributed by atoms with Crippen molar-refractivity contribution in [2.75, 3.05) is 0 Å². The first-order valence-corrected chi connectivity index (χ1v) is 6.30. The van der Waals surface area contributed by atoms with E-state index in [9.17, 15) is 4.79 Å². The zero-order chi connectivity index (χ0) is 11.0. The van der Waals surface area contributed by atoms with Crippen molar-refractivity contribution in [2.45, 2.75) is 5.33 Å². The SMILES string of the molecule is O=C(O)c1nc2c(CBr)ccc(I)c2[nH]1. The molecule has 0 aliphatic rings. The molecule has 0 bridgehead atoms. The number of alkyl halides is 1. The number of benzene rings is 1. The molecule has 0 spiro atoms. The van der Waals surface area contributed by atoms with E-state index in [1.807, 2.05) is 12.1 Å². The minimum absolute atomic E-state index is 0.0173. The highest BCUT2D eigenvalue weighted by Gasteiger charge is 2.13. The smallest absolute Gasteiger partial charge is 0.371 e. The normalized spacial score (nSPS) is 10.8. The Balaban J connectivity index is 2.77. The largest absolute Gasteiger partial charge is 0.475 e. The van der Waals surface area contributed by atoms with Gasteiger partial charge in [-0.1, -0.05) is 22.0 Å². The fourth-order valence-electron chi connectivity index (χ4n) is 1.32. The highest BCUT2D eigenvalue weighted by Crippen LogP contribution is 2.23. The molecule has 1 aromatic heterocycles. The summed E-state index contributed by atoms with van der Waals surface area (Å²) >= 11 is 5.49. The minimum Gasteiger partial charge on any atom is -0.475 e. The number of aromatic amines is 1. The van der Waals surface area contributed by atoms with E-state index in [-0.39, 0.29) is 5.82 Å². The maximum Gasteiger partial charge on any atom is 0.371 e. The van der Waals surface area contributed by atoms with Crippen molar-refractivity contribution >= 4 is 55.5 Å². The number of carboxylic acids is 1. The zero-order valence-electron chi connectivity index (χ0n) is 7.42. The summed E-state index contributed by atoms with van der Waals surface area (Å²) in [6, 6.07) is 3.87. The Kier molecular flexibility index (Phi) is 2.96. The van der Waals surface area contributed by atoms with Crippen LogP contribution >= 0.6 is 38.5 Å². The number of aromatic nitrogens is 2. The summed E-state index contributed by atoms with van der Waals surface area (Å²) in [4.78, 5) is 17.6. The van der Waals surface area contributed by atoms with E-state index in [4.69, 9.17) is 5.11 Å². The average molecular weight is 381 g/mol. The summed E-state index contributed by atoms with van der Waals surface area (Å²) in [5.41, 5.74) is 2.48. The summed E-state index contributed by atoms with van der Waals surface area (Å²) in [5, 5.41) is 9.49. The van der Waals surface area contributed by atoms with E-state index in [0.717, 1.165) is 20.2 Å². The number of hydrogen-bond acceptors (Lipinski definition) is 2. The van der Waals surface area contributed by atoms with Gasteiger partial charge in [-0.05, 0) is 34.2 Å². The summed E-state index contributed by atoms with van der Waals surface area (Å²) in [6.45, 7) is 0. The highest BCUT2D eigenvalue weighted by atomic mass is 127. The molecule has 0 saturated heterocycles. The number of imidazole rings is 1. The molecule has 6 heteroatoms. The van der Waals surface area contributed by atoms with Crippen LogP contribution in [0.4, 0.5) is 0 Å². The van der Waals surface area contributed by atoms with Gasteiger partial charge in [0.1, 0.15) is 0 Å². The quantitative estimate of drug-likeness (QED) is 0.621. The Morgan fingerprint density at radius 1 is 1.60 bits per heavy atom. The van der Waals surface area contributed by atoms with Gasteiger partial charge in [-0.15, -0.1) is 0 Å². The number of nitrogens with one attached hydrogen (secondary N) is 1. The molecule has 2 aromatic rings. The number of rotatable bonds is 2. The second kappa shape index (κ2) is 4.09. The first kappa shape index (κ1) is 10.9. The molecular formula is C9H6BrIN2O2. The van der Waals surface area contributed by atoms with E-state index in [1.54, 1.807) is 0 Å². The number of H-pyrrole nitrogens is 1. The monoisotopic (exact) mass is 380 g/mol. The third kappa shape index (κ3) is 1.87. The lowest BCUT2D eigenvalue weighted by Gasteiger charge is -1.97. The third-order valence-electron chi connectivity index (χ3n) is 2.02. The van der Waals surface area contributed by atoms with Crippen molar-refractivity contribution in [1.82, 2.24) is 9.97 Å². The van der Waals surface area contributed by atoms with Crippen LogP contribution in [0.25, 0.3) is 11.0 Å². The first-order valence-electron chi connectivity index (χ1n) is 4.10. The fourth-order valence-corrected chi connectivity index (χ4v) is 2.35. The van der Waals surface area contributed by atoms with Crippen molar-refractivity contribution in [3.63, 3.8) is 0 Å². The van der Waals surface area contributed by atoms with Crippen LogP contribution in [0.1, 0.15) is 16.2 Å². The van der Waals surface area contributed by atoms with Crippen LogP contribution in [-0.2, 0) is 5.33 Å². The molecule has 0 unspecified atom stereocenters. The van der Waals surface area contributed by atoms with Gasteiger partial charge in [0, 0.05) is 8.90 Å². The minimum atomic E-state index is -1.04. The van der Waals surface area contributed by atoms with E-state index >= 15 is 0 Å². The predicted molar refractivity (Wildman–Crippen MR) is 68.4 cm³/mol. The summed E-state index contributed by atoms with van der Waals surface area (Å²) in [5.74, 6) is -1.06. The lowest BCUT2D eigenvalue weighted by Crippen LogP contribution is -1.98. The van der Waals surface area contributed by atoms with Crippen LogP contribution < -0.4 is 0 Å². The van der Waals surface area contributed by atoms with Crippen LogP contribution in [0.5, 0.6) is 0 Å². The van der Waals surface area contributed by atoms with Crippen LogP contribution in [0.3, 0.4) is 0 Å². The molecular weight excluding hydrogens is 375 g/mol. The van der Waals surface area contributed by atoms with Crippen LogP contribution in [0.15, 0.2) is 12.1 Å². The van der Waals surface area contributed by atoms with E-state index in [2.05, 4.69) is 48.5 Å². The van der Waals surface area contributed by atoms with Gasteiger partial charge in [0.05, 0.1) is 11.0 Å². The molecule has 0 saturated carbocycles. The maximum atomic E-state index is 10.8. The van der Waals surface area contributed by atoms with Gasteiger partial charge in [0.25, 0.3) is 0 Å². The van der Waals surface area contributed by atoms with Gasteiger partial charge in [-0.3, -0.25) is 0 Å². The topological polar surface area (TPSA) is 66.0 Å². The van der Waals surface area contributed by atoms with Crippen molar-refractivity contribution in [1.29, 1.82) is 0 Å². The Hall–Kier alpha value is -0.630.